The number of nitrogens with zero attached hydrogens (tertiary/aromatic N) is 1. The molecule has 48 heavy (non-hydrogen) atoms. The van der Waals surface area contributed by atoms with Crippen molar-refractivity contribution in [3.8, 4) is 22.3 Å². The molecule has 0 radical (unpaired) electrons. The summed E-state index contributed by atoms with van der Waals surface area (Å²) >= 11 is 0. The van der Waals surface area contributed by atoms with Crippen LogP contribution in [-0.2, 0) is 0 Å². The Labute approximate surface area is 280 Å². The quantitative estimate of drug-likeness (QED) is 0.189. The van der Waals surface area contributed by atoms with Crippen LogP contribution in [-0.4, -0.2) is 5.84 Å². The zero-order valence-electron chi connectivity index (χ0n) is 26.3. The lowest BCUT2D eigenvalue weighted by Gasteiger charge is -2.32. The molecule has 0 amide bonds. The molecule has 2 unspecified atom stereocenters. The molecule has 0 bridgehead atoms. The zero-order valence-corrected chi connectivity index (χ0v) is 26.3. The molecule has 2 N–H and O–H groups in total. The van der Waals surface area contributed by atoms with Crippen LogP contribution in [0.25, 0.3) is 54.6 Å². The van der Waals surface area contributed by atoms with E-state index in [-0.39, 0.29) is 12.3 Å². The molecule has 1 aliphatic rings. The van der Waals surface area contributed by atoms with Gasteiger partial charge in [-0.25, -0.2) is 4.99 Å². The molecule has 228 valence electrons. The molecular formula is C45H33N3. The fourth-order valence-electron chi connectivity index (χ4n) is 7.20. The Hall–Kier alpha value is -6.03. The molecule has 2 atom stereocenters. The summed E-state index contributed by atoms with van der Waals surface area (Å²) in [6, 6.07) is 63.0. The highest BCUT2D eigenvalue weighted by molar-refractivity contribution is 6.29. The minimum Gasteiger partial charge on any atom is -0.350 e. The number of nitrogens with one attached hydrogen (secondary N) is 2. The topological polar surface area (TPSA) is 36.4 Å². The van der Waals surface area contributed by atoms with Gasteiger partial charge in [-0.05, 0) is 83.9 Å². The number of rotatable bonds is 5. The Kier molecular flexibility index (Phi) is 7.03. The normalized spacial score (nSPS) is 16.1. The van der Waals surface area contributed by atoms with Gasteiger partial charge in [0.1, 0.15) is 18.2 Å². The average molecular weight is 616 g/mol. The molecule has 8 aromatic rings. The Bertz CT molecular complexity index is 2440. The Balaban J connectivity index is 1.31. The lowest BCUT2D eigenvalue weighted by atomic mass is 9.86. The van der Waals surface area contributed by atoms with Crippen LogP contribution < -0.4 is 10.6 Å². The van der Waals surface area contributed by atoms with Gasteiger partial charge in [-0.15, -0.1) is 0 Å². The fraction of sp³-hybridized carbons (Fsp3) is 0.0444. The summed E-state index contributed by atoms with van der Waals surface area (Å²) in [5.41, 5.74) is 8.23. The van der Waals surface area contributed by atoms with Gasteiger partial charge < -0.3 is 5.32 Å². The third-order valence-corrected chi connectivity index (χ3v) is 9.51. The molecule has 0 aromatic heterocycles. The van der Waals surface area contributed by atoms with E-state index in [9.17, 15) is 0 Å². The van der Waals surface area contributed by atoms with E-state index in [0.717, 1.165) is 17.0 Å². The van der Waals surface area contributed by atoms with Crippen molar-refractivity contribution >= 4 is 38.2 Å². The second-order valence-corrected chi connectivity index (χ2v) is 12.4. The molecular weight excluding hydrogens is 583 g/mol. The Morgan fingerprint density at radius 2 is 0.938 bits per heavy atom. The molecule has 0 spiro atoms. The van der Waals surface area contributed by atoms with E-state index in [1.165, 1.54) is 60.1 Å². The standard InChI is InChI=1S/C45H33N3/c1-5-15-30(16-6-1)35-28-39(31-17-7-2-8-18-31)42-40-27-34(25-26-38(40)36-23-13-14-24-37(36)41(42)29-35)45-47-43(32-19-9-3-10-20-32)46-44(48-45)33-21-11-4-12-22-33/h1-29,43,45,47H,(H,46,48). The molecule has 3 heteroatoms. The SMILES string of the molecule is c1ccc(C2=NC(c3ccc4c5ccccc5c5cc(-c6ccccc6)cc(-c6ccccc6)c5c4c3)NC(c3ccccc3)N2)cc1. The van der Waals surface area contributed by atoms with Crippen LogP contribution in [0.3, 0.4) is 0 Å². The molecule has 0 saturated heterocycles. The number of aliphatic imine (C=N–C) groups is 1. The molecule has 3 nitrogen and oxygen atoms in total. The van der Waals surface area contributed by atoms with E-state index in [2.05, 4.69) is 180 Å². The first-order chi connectivity index (χ1) is 23.8. The van der Waals surface area contributed by atoms with Crippen molar-refractivity contribution in [3.05, 3.63) is 193 Å². The average Bonchev–Trinajstić information content (AvgIpc) is 3.18. The van der Waals surface area contributed by atoms with Gasteiger partial charge in [-0.1, -0.05) is 158 Å². The fourth-order valence-corrected chi connectivity index (χ4v) is 7.20. The maximum atomic E-state index is 5.28. The first-order valence-corrected chi connectivity index (χ1v) is 16.5. The second-order valence-electron chi connectivity index (χ2n) is 12.4. The summed E-state index contributed by atoms with van der Waals surface area (Å²) in [5, 5.41) is 15.0. The molecule has 0 fully saturated rings. The predicted octanol–water partition coefficient (Wildman–Crippen LogP) is 10.8. The first kappa shape index (κ1) is 28.2. The van der Waals surface area contributed by atoms with Crippen LogP contribution in [0.15, 0.2) is 181 Å². The lowest BCUT2D eigenvalue weighted by Crippen LogP contribution is -2.44. The van der Waals surface area contributed by atoms with Gasteiger partial charge in [0.25, 0.3) is 0 Å². The molecule has 9 rings (SSSR count). The van der Waals surface area contributed by atoms with Gasteiger partial charge in [0.05, 0.1) is 0 Å². The van der Waals surface area contributed by atoms with Crippen molar-refractivity contribution in [3.63, 3.8) is 0 Å². The lowest BCUT2D eigenvalue weighted by molar-refractivity contribution is 0.409. The number of hydrogen-bond acceptors (Lipinski definition) is 3. The van der Waals surface area contributed by atoms with Gasteiger partial charge >= 0.3 is 0 Å². The van der Waals surface area contributed by atoms with Crippen molar-refractivity contribution < 1.29 is 0 Å². The molecule has 8 aromatic carbocycles. The molecule has 1 aliphatic heterocycles. The van der Waals surface area contributed by atoms with Gasteiger partial charge in [-0.2, -0.15) is 0 Å². The van der Waals surface area contributed by atoms with Crippen LogP contribution in [0.2, 0.25) is 0 Å². The van der Waals surface area contributed by atoms with E-state index < -0.39 is 0 Å². The monoisotopic (exact) mass is 615 g/mol. The number of benzene rings is 8. The van der Waals surface area contributed by atoms with Gasteiger partial charge in [0.2, 0.25) is 0 Å². The number of hydrogen-bond donors (Lipinski definition) is 2. The highest BCUT2D eigenvalue weighted by Crippen LogP contribution is 2.43. The maximum Gasteiger partial charge on any atom is 0.131 e. The van der Waals surface area contributed by atoms with Gasteiger partial charge in [0.15, 0.2) is 0 Å². The summed E-state index contributed by atoms with van der Waals surface area (Å²) < 4.78 is 0. The summed E-state index contributed by atoms with van der Waals surface area (Å²) in [5.74, 6) is 0.883. The van der Waals surface area contributed by atoms with Crippen molar-refractivity contribution in [1.29, 1.82) is 0 Å². The van der Waals surface area contributed by atoms with E-state index >= 15 is 0 Å². The minimum absolute atomic E-state index is 0.0961. The van der Waals surface area contributed by atoms with Crippen LogP contribution in [0, 0.1) is 0 Å². The van der Waals surface area contributed by atoms with Crippen LogP contribution in [0.1, 0.15) is 29.0 Å². The highest BCUT2D eigenvalue weighted by Gasteiger charge is 2.26. The highest BCUT2D eigenvalue weighted by atomic mass is 15.3. The van der Waals surface area contributed by atoms with E-state index in [0.29, 0.717) is 0 Å². The smallest absolute Gasteiger partial charge is 0.131 e. The minimum atomic E-state index is -0.249. The van der Waals surface area contributed by atoms with Crippen molar-refractivity contribution in [2.45, 2.75) is 12.3 Å². The van der Waals surface area contributed by atoms with Crippen molar-refractivity contribution in [2.24, 2.45) is 4.99 Å². The largest absolute Gasteiger partial charge is 0.350 e. The Morgan fingerprint density at radius 3 is 1.62 bits per heavy atom. The Morgan fingerprint density at radius 1 is 0.396 bits per heavy atom. The van der Waals surface area contributed by atoms with E-state index in [1.54, 1.807) is 0 Å². The predicted molar refractivity (Wildman–Crippen MR) is 201 cm³/mol. The molecule has 1 heterocycles. The van der Waals surface area contributed by atoms with E-state index in [4.69, 9.17) is 4.99 Å². The van der Waals surface area contributed by atoms with Crippen molar-refractivity contribution in [1.82, 2.24) is 10.6 Å². The van der Waals surface area contributed by atoms with Crippen LogP contribution in [0.4, 0.5) is 0 Å². The van der Waals surface area contributed by atoms with Crippen LogP contribution in [0.5, 0.6) is 0 Å². The first-order valence-electron chi connectivity index (χ1n) is 16.5. The second kappa shape index (κ2) is 12.0. The summed E-state index contributed by atoms with van der Waals surface area (Å²) in [6.45, 7) is 0. The van der Waals surface area contributed by atoms with Crippen molar-refractivity contribution in [2.75, 3.05) is 0 Å². The summed E-state index contributed by atoms with van der Waals surface area (Å²) in [4.78, 5) is 5.28. The maximum absolute atomic E-state index is 5.28. The van der Waals surface area contributed by atoms with Gasteiger partial charge in [0, 0.05) is 5.56 Å². The number of fused-ring (bicyclic) bond motifs is 6. The molecule has 0 saturated carbocycles. The summed E-state index contributed by atoms with van der Waals surface area (Å²) in [7, 11) is 0. The van der Waals surface area contributed by atoms with Crippen LogP contribution >= 0.6 is 0 Å². The third kappa shape index (κ3) is 5.02. The molecule has 0 aliphatic carbocycles. The van der Waals surface area contributed by atoms with E-state index in [1.807, 2.05) is 6.07 Å². The van der Waals surface area contributed by atoms with Gasteiger partial charge in [-0.3, -0.25) is 5.32 Å². The third-order valence-electron chi connectivity index (χ3n) is 9.51. The summed E-state index contributed by atoms with van der Waals surface area (Å²) in [6.07, 6.45) is -0.345. The number of amidine groups is 1. The zero-order chi connectivity index (χ0) is 31.9.